The predicted octanol–water partition coefficient (Wildman–Crippen LogP) is 1.46. The Kier molecular flexibility index (Phi) is 3.99. The van der Waals surface area contributed by atoms with Gasteiger partial charge >= 0.3 is 0 Å². The van der Waals surface area contributed by atoms with Gasteiger partial charge in [-0.2, -0.15) is 5.26 Å². The SMILES string of the molecule is N#CCN1CCC[C@H]1CN1CCCCC1. The number of nitriles is 1. The normalized spacial score (nSPS) is 29.1. The topological polar surface area (TPSA) is 30.3 Å². The average molecular weight is 207 g/mol. The van der Waals surface area contributed by atoms with Crippen LogP contribution in [0.2, 0.25) is 0 Å². The fourth-order valence-electron chi connectivity index (χ4n) is 2.84. The molecule has 1 atom stereocenters. The van der Waals surface area contributed by atoms with Crippen LogP contribution in [0.15, 0.2) is 0 Å². The van der Waals surface area contributed by atoms with Gasteiger partial charge in [0, 0.05) is 12.6 Å². The van der Waals surface area contributed by atoms with Crippen molar-refractivity contribution in [1.29, 1.82) is 5.26 Å². The summed E-state index contributed by atoms with van der Waals surface area (Å²) in [5.41, 5.74) is 0. The zero-order valence-corrected chi connectivity index (χ0v) is 9.49. The molecular weight excluding hydrogens is 186 g/mol. The van der Waals surface area contributed by atoms with Crippen LogP contribution in [0.5, 0.6) is 0 Å². The maximum absolute atomic E-state index is 8.75. The fourth-order valence-corrected chi connectivity index (χ4v) is 2.84. The van der Waals surface area contributed by atoms with Crippen molar-refractivity contribution < 1.29 is 0 Å². The lowest BCUT2D eigenvalue weighted by Crippen LogP contribution is -2.42. The van der Waals surface area contributed by atoms with E-state index in [1.54, 1.807) is 0 Å². The van der Waals surface area contributed by atoms with E-state index in [9.17, 15) is 0 Å². The molecule has 0 saturated carbocycles. The minimum atomic E-state index is 0.624. The average Bonchev–Trinajstić information content (AvgIpc) is 2.68. The number of hydrogen-bond acceptors (Lipinski definition) is 3. The molecule has 2 rings (SSSR count). The highest BCUT2D eigenvalue weighted by Crippen LogP contribution is 2.19. The summed E-state index contributed by atoms with van der Waals surface area (Å²) >= 11 is 0. The monoisotopic (exact) mass is 207 g/mol. The number of rotatable bonds is 3. The summed E-state index contributed by atoms with van der Waals surface area (Å²) in [6.07, 6.45) is 6.71. The van der Waals surface area contributed by atoms with Crippen molar-refractivity contribution in [3.05, 3.63) is 0 Å². The van der Waals surface area contributed by atoms with Crippen LogP contribution in [0, 0.1) is 11.3 Å². The lowest BCUT2D eigenvalue weighted by Gasteiger charge is -2.32. The molecule has 2 fully saturated rings. The van der Waals surface area contributed by atoms with Gasteiger partial charge in [0.15, 0.2) is 0 Å². The van der Waals surface area contributed by atoms with Crippen LogP contribution < -0.4 is 0 Å². The van der Waals surface area contributed by atoms with Crippen LogP contribution >= 0.6 is 0 Å². The van der Waals surface area contributed by atoms with Crippen molar-refractivity contribution in [2.75, 3.05) is 32.7 Å². The summed E-state index contributed by atoms with van der Waals surface area (Å²) < 4.78 is 0. The third kappa shape index (κ3) is 2.93. The van der Waals surface area contributed by atoms with Gasteiger partial charge in [0.1, 0.15) is 0 Å². The number of piperidine rings is 1. The Morgan fingerprint density at radius 1 is 1.07 bits per heavy atom. The van der Waals surface area contributed by atoms with Crippen LogP contribution in [-0.2, 0) is 0 Å². The van der Waals surface area contributed by atoms with Gasteiger partial charge in [-0.3, -0.25) is 4.90 Å². The molecule has 0 unspecified atom stereocenters. The van der Waals surface area contributed by atoms with E-state index in [4.69, 9.17) is 5.26 Å². The molecule has 0 N–H and O–H groups in total. The lowest BCUT2D eigenvalue weighted by atomic mass is 10.1. The number of hydrogen-bond donors (Lipinski definition) is 0. The summed E-state index contributed by atoms with van der Waals surface area (Å²) in [5, 5.41) is 8.75. The Morgan fingerprint density at radius 3 is 2.60 bits per heavy atom. The molecule has 0 spiro atoms. The molecule has 0 radical (unpaired) electrons. The van der Waals surface area contributed by atoms with Crippen molar-refractivity contribution >= 4 is 0 Å². The Hall–Kier alpha value is -0.590. The maximum Gasteiger partial charge on any atom is 0.0868 e. The highest BCUT2D eigenvalue weighted by atomic mass is 15.2. The van der Waals surface area contributed by atoms with Gasteiger partial charge in [-0.25, -0.2) is 0 Å². The van der Waals surface area contributed by atoms with E-state index in [2.05, 4.69) is 15.9 Å². The second-order valence-electron chi connectivity index (χ2n) is 4.79. The zero-order valence-electron chi connectivity index (χ0n) is 9.49. The van der Waals surface area contributed by atoms with Crippen molar-refractivity contribution in [3.8, 4) is 6.07 Å². The van der Waals surface area contributed by atoms with Crippen molar-refractivity contribution in [2.45, 2.75) is 38.1 Å². The van der Waals surface area contributed by atoms with Gasteiger partial charge in [-0.15, -0.1) is 0 Å². The number of nitrogens with zero attached hydrogens (tertiary/aromatic N) is 3. The van der Waals surface area contributed by atoms with Gasteiger partial charge in [-0.05, 0) is 45.3 Å². The van der Waals surface area contributed by atoms with Crippen molar-refractivity contribution in [3.63, 3.8) is 0 Å². The summed E-state index contributed by atoms with van der Waals surface area (Å²) in [6.45, 7) is 5.50. The molecule has 0 aromatic carbocycles. The van der Waals surface area contributed by atoms with Crippen molar-refractivity contribution in [1.82, 2.24) is 9.80 Å². The third-order valence-electron chi connectivity index (χ3n) is 3.69. The van der Waals surface area contributed by atoms with Gasteiger partial charge in [0.2, 0.25) is 0 Å². The molecule has 0 amide bonds. The van der Waals surface area contributed by atoms with Crippen LogP contribution in [0.3, 0.4) is 0 Å². The first-order valence-electron chi connectivity index (χ1n) is 6.23. The second kappa shape index (κ2) is 5.48. The minimum absolute atomic E-state index is 0.624. The van der Waals surface area contributed by atoms with Crippen LogP contribution in [0.25, 0.3) is 0 Å². The van der Waals surface area contributed by atoms with Crippen LogP contribution in [0.1, 0.15) is 32.1 Å². The lowest BCUT2D eigenvalue weighted by molar-refractivity contribution is 0.162. The molecule has 15 heavy (non-hydrogen) atoms. The molecule has 2 aliphatic heterocycles. The van der Waals surface area contributed by atoms with Gasteiger partial charge in [-0.1, -0.05) is 6.42 Å². The van der Waals surface area contributed by atoms with E-state index in [-0.39, 0.29) is 0 Å². The molecule has 84 valence electrons. The second-order valence-corrected chi connectivity index (χ2v) is 4.79. The smallest absolute Gasteiger partial charge is 0.0868 e. The highest BCUT2D eigenvalue weighted by Gasteiger charge is 2.26. The summed E-state index contributed by atoms with van der Waals surface area (Å²) in [4.78, 5) is 4.94. The van der Waals surface area contributed by atoms with Crippen LogP contribution in [0.4, 0.5) is 0 Å². The summed E-state index contributed by atoms with van der Waals surface area (Å²) in [5.74, 6) is 0. The first kappa shape index (κ1) is 10.9. The number of likely N-dealkylation sites (tertiary alicyclic amines) is 2. The van der Waals surface area contributed by atoms with E-state index in [1.165, 1.54) is 51.7 Å². The highest BCUT2D eigenvalue weighted by molar-refractivity contribution is 4.88. The Balaban J connectivity index is 1.79. The van der Waals surface area contributed by atoms with E-state index in [0.717, 1.165) is 6.54 Å². The molecule has 0 aromatic heterocycles. The van der Waals surface area contributed by atoms with Crippen LogP contribution in [-0.4, -0.2) is 48.6 Å². The standard InChI is InChI=1S/C12H21N3/c13-6-10-15-9-4-5-12(15)11-14-7-2-1-3-8-14/h12H,1-5,7-11H2/t12-/m0/s1. The van der Waals surface area contributed by atoms with E-state index in [1.807, 2.05) is 0 Å². The molecule has 2 heterocycles. The van der Waals surface area contributed by atoms with Gasteiger partial charge in [0.05, 0.1) is 12.6 Å². The molecule has 3 nitrogen and oxygen atoms in total. The summed E-state index contributed by atoms with van der Waals surface area (Å²) in [7, 11) is 0. The predicted molar refractivity (Wildman–Crippen MR) is 60.5 cm³/mol. The van der Waals surface area contributed by atoms with E-state index in [0.29, 0.717) is 12.6 Å². The molecule has 0 aromatic rings. The maximum atomic E-state index is 8.75. The minimum Gasteiger partial charge on any atom is -0.302 e. The summed E-state index contributed by atoms with van der Waals surface area (Å²) in [6, 6.07) is 2.94. The van der Waals surface area contributed by atoms with Crippen molar-refractivity contribution in [2.24, 2.45) is 0 Å². The zero-order chi connectivity index (χ0) is 10.5. The Morgan fingerprint density at radius 2 is 1.87 bits per heavy atom. The first-order chi connectivity index (χ1) is 7.40. The molecular formula is C12H21N3. The fraction of sp³-hybridized carbons (Fsp3) is 0.917. The molecule has 2 saturated heterocycles. The third-order valence-corrected chi connectivity index (χ3v) is 3.69. The Labute approximate surface area is 92.7 Å². The van der Waals surface area contributed by atoms with E-state index >= 15 is 0 Å². The molecule has 3 heteroatoms. The first-order valence-corrected chi connectivity index (χ1v) is 6.23. The van der Waals surface area contributed by atoms with E-state index < -0.39 is 0 Å². The molecule has 0 bridgehead atoms. The largest absolute Gasteiger partial charge is 0.302 e. The van der Waals surface area contributed by atoms with Gasteiger partial charge < -0.3 is 4.90 Å². The Bertz CT molecular complexity index is 228. The molecule has 0 aliphatic carbocycles. The van der Waals surface area contributed by atoms with Gasteiger partial charge in [0.25, 0.3) is 0 Å². The molecule has 2 aliphatic rings. The quantitative estimate of drug-likeness (QED) is 0.656.